The number of rotatable bonds is 10. The van der Waals surface area contributed by atoms with Crippen molar-refractivity contribution >= 4 is 22.5 Å². The molecule has 31 heavy (non-hydrogen) atoms. The maximum atomic E-state index is 6.02. The zero-order valence-corrected chi connectivity index (χ0v) is 19.6. The molecule has 0 amide bonds. The zero-order chi connectivity index (χ0) is 22.4. The van der Waals surface area contributed by atoms with E-state index in [-0.39, 0.29) is 6.04 Å². The standard InChI is InChI=1S/C26H35N5/c1-7-11-15-31(14-8-2)23(10-4)21-12-13-24(20(9-3)16-21)30(6)26-17-25-22(18-27-26)28-19-29(25)5/h4,12-13,16-19,23H,7-9,11,14-15H2,1-3,5-6H3. The van der Waals surface area contributed by atoms with Gasteiger partial charge in [-0.2, -0.15) is 0 Å². The highest BCUT2D eigenvalue weighted by Gasteiger charge is 2.19. The van der Waals surface area contributed by atoms with E-state index in [2.05, 4.69) is 77.8 Å². The van der Waals surface area contributed by atoms with Crippen molar-refractivity contribution in [3.05, 3.63) is 47.9 Å². The zero-order valence-electron chi connectivity index (χ0n) is 19.6. The SMILES string of the molecule is C#CC(c1ccc(N(C)c2cc3c(cn2)ncn3C)c(CC)c1)N(CCC)CCCC. The first kappa shape index (κ1) is 22.8. The molecule has 3 aromatic rings. The van der Waals surface area contributed by atoms with E-state index in [4.69, 9.17) is 6.42 Å². The molecule has 0 aliphatic rings. The van der Waals surface area contributed by atoms with Crippen LogP contribution in [0.2, 0.25) is 0 Å². The summed E-state index contributed by atoms with van der Waals surface area (Å²) in [6, 6.07) is 8.77. The molecule has 1 aromatic carbocycles. The Labute approximate surface area is 187 Å². The third kappa shape index (κ3) is 4.91. The quantitative estimate of drug-likeness (QED) is 0.409. The molecule has 0 N–H and O–H groups in total. The molecular weight excluding hydrogens is 382 g/mol. The molecule has 0 fully saturated rings. The number of aromatic nitrogens is 3. The molecule has 0 aliphatic carbocycles. The van der Waals surface area contributed by atoms with Crippen molar-refractivity contribution < 1.29 is 0 Å². The number of hydrogen-bond acceptors (Lipinski definition) is 4. The second kappa shape index (κ2) is 10.5. The Hall–Kier alpha value is -2.84. The molecule has 2 aromatic heterocycles. The fraction of sp³-hybridized carbons (Fsp3) is 0.462. The van der Waals surface area contributed by atoms with Crippen LogP contribution in [0.3, 0.4) is 0 Å². The van der Waals surface area contributed by atoms with Crippen molar-refractivity contribution in [2.45, 2.75) is 52.5 Å². The molecule has 0 spiro atoms. The van der Waals surface area contributed by atoms with Gasteiger partial charge in [-0.25, -0.2) is 9.97 Å². The summed E-state index contributed by atoms with van der Waals surface area (Å²) in [5.74, 6) is 3.96. The summed E-state index contributed by atoms with van der Waals surface area (Å²) in [6.45, 7) is 8.70. The Morgan fingerprint density at radius 3 is 2.58 bits per heavy atom. The van der Waals surface area contributed by atoms with Gasteiger partial charge in [0.15, 0.2) is 0 Å². The van der Waals surface area contributed by atoms with Gasteiger partial charge in [-0.3, -0.25) is 4.90 Å². The third-order valence-corrected chi connectivity index (χ3v) is 5.94. The minimum atomic E-state index is 0.0140. The summed E-state index contributed by atoms with van der Waals surface area (Å²) in [7, 11) is 4.08. The molecule has 0 saturated heterocycles. The van der Waals surface area contributed by atoms with Gasteiger partial charge in [0.05, 0.1) is 24.1 Å². The van der Waals surface area contributed by atoms with E-state index >= 15 is 0 Å². The fourth-order valence-electron chi connectivity index (χ4n) is 4.14. The predicted octanol–water partition coefficient (Wildman–Crippen LogP) is 5.49. The van der Waals surface area contributed by atoms with E-state index in [9.17, 15) is 0 Å². The number of fused-ring (bicyclic) bond motifs is 1. The van der Waals surface area contributed by atoms with Crippen LogP contribution >= 0.6 is 0 Å². The number of unbranched alkanes of at least 4 members (excludes halogenated alkanes) is 1. The van der Waals surface area contributed by atoms with Gasteiger partial charge in [0.25, 0.3) is 0 Å². The van der Waals surface area contributed by atoms with E-state index in [1.807, 2.05) is 24.1 Å². The summed E-state index contributed by atoms with van der Waals surface area (Å²) in [6.07, 6.45) is 14.1. The maximum Gasteiger partial charge on any atom is 0.134 e. The van der Waals surface area contributed by atoms with Gasteiger partial charge in [-0.15, -0.1) is 6.42 Å². The molecule has 3 rings (SSSR count). The molecule has 0 radical (unpaired) electrons. The average molecular weight is 418 g/mol. The topological polar surface area (TPSA) is 37.2 Å². The van der Waals surface area contributed by atoms with E-state index < -0.39 is 0 Å². The molecule has 0 bridgehead atoms. The molecule has 2 heterocycles. The molecule has 5 nitrogen and oxygen atoms in total. The normalized spacial score (nSPS) is 12.3. The highest BCUT2D eigenvalue weighted by atomic mass is 15.2. The summed E-state index contributed by atoms with van der Waals surface area (Å²) in [5.41, 5.74) is 5.62. The lowest BCUT2D eigenvalue weighted by Crippen LogP contribution is -2.30. The number of aryl methyl sites for hydroxylation is 2. The highest BCUT2D eigenvalue weighted by molar-refractivity contribution is 5.79. The van der Waals surface area contributed by atoms with Crippen LogP contribution in [-0.2, 0) is 13.5 Å². The Morgan fingerprint density at radius 1 is 1.10 bits per heavy atom. The van der Waals surface area contributed by atoms with Crippen molar-refractivity contribution in [3.63, 3.8) is 0 Å². The van der Waals surface area contributed by atoms with E-state index in [1.54, 1.807) is 0 Å². The molecule has 1 unspecified atom stereocenters. The highest BCUT2D eigenvalue weighted by Crippen LogP contribution is 2.31. The second-order valence-electron chi connectivity index (χ2n) is 8.15. The second-order valence-corrected chi connectivity index (χ2v) is 8.15. The lowest BCUT2D eigenvalue weighted by Gasteiger charge is -2.29. The average Bonchev–Trinajstić information content (AvgIpc) is 3.17. The Bertz CT molecular complexity index is 1050. The smallest absolute Gasteiger partial charge is 0.134 e. The van der Waals surface area contributed by atoms with Gasteiger partial charge < -0.3 is 9.47 Å². The summed E-state index contributed by atoms with van der Waals surface area (Å²) >= 11 is 0. The molecule has 5 heteroatoms. The van der Waals surface area contributed by atoms with Crippen LogP contribution in [0, 0.1) is 12.3 Å². The molecule has 0 aliphatic heterocycles. The number of pyridine rings is 1. The fourth-order valence-corrected chi connectivity index (χ4v) is 4.14. The van der Waals surface area contributed by atoms with Crippen molar-refractivity contribution in [2.75, 3.05) is 25.0 Å². The Kier molecular flexibility index (Phi) is 7.70. The van der Waals surface area contributed by atoms with Crippen LogP contribution in [0.25, 0.3) is 11.0 Å². The van der Waals surface area contributed by atoms with Crippen molar-refractivity contribution in [2.24, 2.45) is 7.05 Å². The van der Waals surface area contributed by atoms with Crippen LogP contribution in [0.1, 0.15) is 57.2 Å². The van der Waals surface area contributed by atoms with Gasteiger partial charge >= 0.3 is 0 Å². The monoisotopic (exact) mass is 417 g/mol. The van der Waals surface area contributed by atoms with Crippen LogP contribution < -0.4 is 4.90 Å². The summed E-state index contributed by atoms with van der Waals surface area (Å²) in [5, 5.41) is 0. The van der Waals surface area contributed by atoms with Crippen molar-refractivity contribution in [1.82, 2.24) is 19.4 Å². The number of hydrogen-bond donors (Lipinski definition) is 0. The van der Waals surface area contributed by atoms with Gasteiger partial charge in [0, 0.05) is 25.8 Å². The molecule has 0 saturated carbocycles. The van der Waals surface area contributed by atoms with Crippen molar-refractivity contribution in [3.8, 4) is 12.3 Å². The number of benzene rings is 1. The first-order valence-electron chi connectivity index (χ1n) is 11.4. The number of nitrogens with zero attached hydrogens (tertiary/aromatic N) is 5. The van der Waals surface area contributed by atoms with Crippen LogP contribution in [-0.4, -0.2) is 39.6 Å². The predicted molar refractivity (Wildman–Crippen MR) is 131 cm³/mol. The number of imidazole rings is 1. The first-order chi connectivity index (χ1) is 15.0. The summed E-state index contributed by atoms with van der Waals surface area (Å²) in [4.78, 5) is 13.6. The van der Waals surface area contributed by atoms with E-state index in [1.165, 1.54) is 24.0 Å². The molecular formula is C26H35N5. The van der Waals surface area contributed by atoms with Gasteiger partial charge in [0.2, 0.25) is 0 Å². The van der Waals surface area contributed by atoms with Gasteiger partial charge in [-0.05, 0) is 49.5 Å². The van der Waals surface area contributed by atoms with Gasteiger partial charge in [-0.1, -0.05) is 45.2 Å². The minimum absolute atomic E-state index is 0.0140. The van der Waals surface area contributed by atoms with Gasteiger partial charge in [0.1, 0.15) is 11.3 Å². The van der Waals surface area contributed by atoms with Crippen molar-refractivity contribution in [1.29, 1.82) is 0 Å². The minimum Gasteiger partial charge on any atom is -0.334 e. The molecule has 164 valence electrons. The number of terminal acetylenes is 1. The summed E-state index contributed by atoms with van der Waals surface area (Å²) < 4.78 is 2.02. The third-order valence-electron chi connectivity index (χ3n) is 5.94. The lowest BCUT2D eigenvalue weighted by molar-refractivity contribution is 0.234. The van der Waals surface area contributed by atoms with E-state index in [0.29, 0.717) is 0 Å². The number of anilines is 2. The Morgan fingerprint density at radius 2 is 1.90 bits per heavy atom. The molecule has 1 atom stereocenters. The maximum absolute atomic E-state index is 6.02. The first-order valence-corrected chi connectivity index (χ1v) is 11.4. The van der Waals surface area contributed by atoms with Crippen LogP contribution in [0.5, 0.6) is 0 Å². The van der Waals surface area contributed by atoms with E-state index in [0.717, 1.165) is 48.5 Å². The Balaban J connectivity index is 1.93. The van der Waals surface area contributed by atoms with Crippen LogP contribution in [0.15, 0.2) is 36.8 Å². The largest absolute Gasteiger partial charge is 0.334 e. The van der Waals surface area contributed by atoms with Crippen LogP contribution in [0.4, 0.5) is 11.5 Å². The lowest BCUT2D eigenvalue weighted by atomic mass is 9.99.